The number of likely N-dealkylation sites (N-methyl/N-ethyl adjacent to an activating group) is 1. The van der Waals surface area contributed by atoms with E-state index in [0.717, 1.165) is 12.1 Å². The topological polar surface area (TPSA) is 70.7 Å². The molecule has 0 aromatic heterocycles. The molecule has 0 saturated carbocycles. The van der Waals surface area contributed by atoms with Crippen molar-refractivity contribution in [2.24, 2.45) is 0 Å². The van der Waals surface area contributed by atoms with E-state index in [2.05, 4.69) is 10.6 Å². The number of alkyl halides is 3. The van der Waals surface area contributed by atoms with Crippen molar-refractivity contribution in [1.29, 1.82) is 0 Å². The zero-order valence-corrected chi connectivity index (χ0v) is 16.2. The largest absolute Gasteiger partial charge is 0.497 e. The average Bonchev–Trinajstić information content (AvgIpc) is 2.66. The molecule has 6 nitrogen and oxygen atoms in total. The maximum Gasteiger partial charge on any atom is 0.416 e. The number of methoxy groups -OCH3 is 1. The van der Waals surface area contributed by atoms with E-state index in [0.29, 0.717) is 11.4 Å². The van der Waals surface area contributed by atoms with Crippen LogP contribution in [0.25, 0.3) is 0 Å². The summed E-state index contributed by atoms with van der Waals surface area (Å²) in [5, 5.41) is 5.14. The second-order valence-corrected chi connectivity index (χ2v) is 6.44. The van der Waals surface area contributed by atoms with Crippen LogP contribution in [0.15, 0.2) is 48.5 Å². The summed E-state index contributed by atoms with van der Waals surface area (Å²) in [6.45, 7) is 1.47. The van der Waals surface area contributed by atoms with Crippen molar-refractivity contribution < 1.29 is 27.5 Å². The number of hydrogen-bond donors (Lipinski definition) is 2. The van der Waals surface area contributed by atoms with Gasteiger partial charge < -0.3 is 15.4 Å². The number of ether oxygens (including phenoxy) is 1. The molecule has 0 unspecified atom stereocenters. The molecule has 0 aliphatic heterocycles. The highest BCUT2D eigenvalue weighted by atomic mass is 19.4. The molecule has 0 bridgehead atoms. The van der Waals surface area contributed by atoms with Crippen LogP contribution in [-0.2, 0) is 15.8 Å². The maximum absolute atomic E-state index is 12.8. The number of amides is 2. The van der Waals surface area contributed by atoms with Crippen LogP contribution in [0.1, 0.15) is 12.5 Å². The lowest BCUT2D eigenvalue weighted by Crippen LogP contribution is -2.43. The van der Waals surface area contributed by atoms with Crippen LogP contribution in [0, 0.1) is 0 Å². The first-order valence-corrected chi connectivity index (χ1v) is 8.72. The molecule has 156 valence electrons. The number of nitrogens with zero attached hydrogens (tertiary/aromatic N) is 1. The van der Waals surface area contributed by atoms with Gasteiger partial charge in [0.25, 0.3) is 0 Å². The van der Waals surface area contributed by atoms with E-state index in [4.69, 9.17) is 4.74 Å². The molecule has 0 spiro atoms. The molecule has 0 saturated heterocycles. The van der Waals surface area contributed by atoms with E-state index >= 15 is 0 Å². The monoisotopic (exact) mass is 409 g/mol. The van der Waals surface area contributed by atoms with E-state index in [9.17, 15) is 22.8 Å². The predicted molar refractivity (Wildman–Crippen MR) is 104 cm³/mol. The molecular weight excluding hydrogens is 387 g/mol. The summed E-state index contributed by atoms with van der Waals surface area (Å²) in [6.07, 6.45) is -4.50. The number of rotatable bonds is 7. The summed E-state index contributed by atoms with van der Waals surface area (Å²) in [5.74, 6) is -0.287. The quantitative estimate of drug-likeness (QED) is 0.733. The number of carbonyl (C=O) groups excluding carboxylic acids is 2. The maximum atomic E-state index is 12.8. The molecule has 0 fully saturated rings. The lowest BCUT2D eigenvalue weighted by molar-refractivity contribution is -0.137. The molecule has 2 aromatic rings. The van der Waals surface area contributed by atoms with Crippen LogP contribution < -0.4 is 15.4 Å². The van der Waals surface area contributed by atoms with Gasteiger partial charge in [-0.15, -0.1) is 0 Å². The van der Waals surface area contributed by atoms with Crippen molar-refractivity contribution in [2.75, 3.05) is 31.3 Å². The standard InChI is InChI=1S/C20H22F3N3O3/c1-13(19(28)25-15-7-4-6-14(10-15)20(21,22)23)26(2)12-18(27)24-16-8-5-9-17(11-16)29-3/h4-11,13H,12H2,1-3H3,(H,24,27)(H,25,28)/t13-/m0/s1. The summed E-state index contributed by atoms with van der Waals surface area (Å²) in [4.78, 5) is 26.1. The third kappa shape index (κ3) is 6.49. The first kappa shape index (κ1) is 22.2. The zero-order valence-electron chi connectivity index (χ0n) is 16.2. The predicted octanol–water partition coefficient (Wildman–Crippen LogP) is 3.61. The van der Waals surface area contributed by atoms with Gasteiger partial charge in [0.15, 0.2) is 0 Å². The summed E-state index contributed by atoms with van der Waals surface area (Å²) < 4.78 is 43.5. The van der Waals surface area contributed by atoms with Crippen LogP contribution in [0.2, 0.25) is 0 Å². The van der Waals surface area contributed by atoms with Crippen molar-refractivity contribution in [3.63, 3.8) is 0 Å². The lowest BCUT2D eigenvalue weighted by Gasteiger charge is -2.23. The minimum Gasteiger partial charge on any atom is -0.497 e. The number of benzene rings is 2. The van der Waals surface area contributed by atoms with Crippen LogP contribution >= 0.6 is 0 Å². The number of anilines is 2. The molecular formula is C20H22F3N3O3. The van der Waals surface area contributed by atoms with Crippen LogP contribution in [0.3, 0.4) is 0 Å². The third-order valence-corrected chi connectivity index (χ3v) is 4.24. The van der Waals surface area contributed by atoms with Gasteiger partial charge in [0.2, 0.25) is 11.8 Å². The van der Waals surface area contributed by atoms with Gasteiger partial charge in [-0.2, -0.15) is 13.2 Å². The van der Waals surface area contributed by atoms with E-state index in [1.165, 1.54) is 24.1 Å². The van der Waals surface area contributed by atoms with Gasteiger partial charge in [-0.05, 0) is 44.3 Å². The Balaban J connectivity index is 1.94. The number of carbonyl (C=O) groups is 2. The van der Waals surface area contributed by atoms with Gasteiger partial charge in [-0.3, -0.25) is 14.5 Å². The molecule has 0 radical (unpaired) electrons. The van der Waals surface area contributed by atoms with Crippen molar-refractivity contribution in [3.05, 3.63) is 54.1 Å². The van der Waals surface area contributed by atoms with Gasteiger partial charge >= 0.3 is 6.18 Å². The van der Waals surface area contributed by atoms with Gasteiger partial charge in [0, 0.05) is 17.4 Å². The smallest absolute Gasteiger partial charge is 0.416 e. The van der Waals surface area contributed by atoms with E-state index in [-0.39, 0.29) is 18.1 Å². The summed E-state index contributed by atoms with van der Waals surface area (Å²) in [6, 6.07) is 10.4. The second kappa shape index (κ2) is 9.42. The second-order valence-electron chi connectivity index (χ2n) is 6.44. The van der Waals surface area contributed by atoms with E-state index in [1.807, 2.05) is 0 Å². The summed E-state index contributed by atoms with van der Waals surface area (Å²) in [5.41, 5.74) is -0.274. The normalized spacial score (nSPS) is 12.4. The van der Waals surface area contributed by atoms with Crippen LogP contribution in [0.4, 0.5) is 24.5 Å². The highest BCUT2D eigenvalue weighted by Crippen LogP contribution is 2.30. The molecule has 0 aliphatic rings. The van der Waals surface area contributed by atoms with Crippen molar-refractivity contribution in [2.45, 2.75) is 19.1 Å². The fraction of sp³-hybridized carbons (Fsp3) is 0.300. The summed E-state index contributed by atoms with van der Waals surface area (Å²) in [7, 11) is 3.08. The van der Waals surface area contributed by atoms with Crippen molar-refractivity contribution >= 4 is 23.2 Å². The Bertz CT molecular complexity index is 871. The summed E-state index contributed by atoms with van der Waals surface area (Å²) >= 11 is 0. The molecule has 0 aliphatic carbocycles. The Morgan fingerprint density at radius 2 is 1.69 bits per heavy atom. The molecule has 2 rings (SSSR count). The van der Waals surface area contributed by atoms with Crippen molar-refractivity contribution in [1.82, 2.24) is 4.90 Å². The molecule has 0 heterocycles. The number of halogens is 3. The molecule has 29 heavy (non-hydrogen) atoms. The highest BCUT2D eigenvalue weighted by molar-refractivity contribution is 5.96. The van der Waals surface area contributed by atoms with Crippen LogP contribution in [-0.4, -0.2) is 43.5 Å². The van der Waals surface area contributed by atoms with Gasteiger partial charge in [-0.25, -0.2) is 0 Å². The average molecular weight is 409 g/mol. The fourth-order valence-corrected chi connectivity index (χ4v) is 2.48. The molecule has 2 aromatic carbocycles. The van der Waals surface area contributed by atoms with Crippen molar-refractivity contribution in [3.8, 4) is 5.75 Å². The van der Waals surface area contributed by atoms with Crippen LogP contribution in [0.5, 0.6) is 5.75 Å². The minimum absolute atomic E-state index is 0.0332. The zero-order chi connectivity index (χ0) is 21.6. The Morgan fingerprint density at radius 3 is 2.31 bits per heavy atom. The minimum atomic E-state index is -4.50. The molecule has 1 atom stereocenters. The van der Waals surface area contributed by atoms with E-state index in [1.54, 1.807) is 38.2 Å². The first-order valence-electron chi connectivity index (χ1n) is 8.72. The Labute approximate surface area is 166 Å². The molecule has 2 N–H and O–H groups in total. The van der Waals surface area contributed by atoms with Gasteiger partial charge in [0.05, 0.1) is 25.3 Å². The fourth-order valence-electron chi connectivity index (χ4n) is 2.48. The third-order valence-electron chi connectivity index (χ3n) is 4.24. The van der Waals surface area contributed by atoms with Gasteiger partial charge in [-0.1, -0.05) is 12.1 Å². The Hall–Kier alpha value is -3.07. The highest BCUT2D eigenvalue weighted by Gasteiger charge is 2.30. The Morgan fingerprint density at radius 1 is 1.07 bits per heavy atom. The van der Waals surface area contributed by atoms with E-state index < -0.39 is 23.7 Å². The number of hydrogen-bond acceptors (Lipinski definition) is 4. The van der Waals surface area contributed by atoms with Gasteiger partial charge in [0.1, 0.15) is 5.75 Å². The molecule has 2 amide bonds. The SMILES string of the molecule is COc1cccc(NC(=O)CN(C)[C@@H](C)C(=O)Nc2cccc(C(F)(F)F)c2)c1. The number of nitrogens with one attached hydrogen (secondary N) is 2. The Kier molecular flexibility index (Phi) is 7.22. The lowest BCUT2D eigenvalue weighted by atomic mass is 10.2. The first-order chi connectivity index (χ1) is 13.6. The molecule has 9 heteroatoms.